The van der Waals surface area contributed by atoms with Crippen LogP contribution >= 0.6 is 0 Å². The van der Waals surface area contributed by atoms with Crippen LogP contribution in [0.1, 0.15) is 36.6 Å². The van der Waals surface area contributed by atoms with Gasteiger partial charge in [-0.2, -0.15) is 9.77 Å². The number of phenols is 1. The van der Waals surface area contributed by atoms with E-state index in [2.05, 4.69) is 9.97 Å². The molecule has 1 aliphatic heterocycles. The number of hydrogen-bond acceptors (Lipinski definition) is 8. The second-order valence-electron chi connectivity index (χ2n) is 11.0. The molecule has 0 fully saturated rings. The van der Waals surface area contributed by atoms with Gasteiger partial charge in [-0.05, 0) is 64.1 Å². The molecule has 11 nitrogen and oxygen atoms in total. The van der Waals surface area contributed by atoms with Crippen LogP contribution in [0.2, 0.25) is 0 Å². The Labute approximate surface area is 234 Å². The number of benzene rings is 2. The molecule has 5 heterocycles. The van der Waals surface area contributed by atoms with Gasteiger partial charge in [-0.1, -0.05) is 12.1 Å². The standard InChI is InChI=1S/C30H28N8O3/c1-16-9-10-17(2)37(16)38-23(34-21-8-6-5-7-19(21)29(38)40)14-36-28-24(27(31)32-15-33-28)25(35-36)18-11-12-22(39)26-20(18)13-30(3,4)41-26/h5-12,15,39H,13-14H2,1-4H3,(H2,31,32,33). The maximum atomic E-state index is 13.9. The number of anilines is 1. The van der Waals surface area contributed by atoms with Gasteiger partial charge in [0.05, 0.1) is 16.3 Å². The van der Waals surface area contributed by atoms with Crippen LogP contribution in [0.5, 0.6) is 11.5 Å². The van der Waals surface area contributed by atoms with E-state index in [1.165, 1.54) is 6.33 Å². The molecule has 0 saturated heterocycles. The van der Waals surface area contributed by atoms with Gasteiger partial charge in [-0.15, -0.1) is 0 Å². The minimum atomic E-state index is -0.492. The van der Waals surface area contributed by atoms with Crippen LogP contribution in [0.25, 0.3) is 33.2 Å². The summed E-state index contributed by atoms with van der Waals surface area (Å²) in [5.41, 5.74) is 10.8. The van der Waals surface area contributed by atoms with Gasteiger partial charge in [-0.25, -0.2) is 19.6 Å². The molecule has 0 saturated carbocycles. The number of nitrogens with zero attached hydrogens (tertiary/aromatic N) is 7. The third-order valence-electron chi connectivity index (χ3n) is 7.58. The van der Waals surface area contributed by atoms with E-state index in [1.54, 1.807) is 21.5 Å². The molecule has 0 radical (unpaired) electrons. The summed E-state index contributed by atoms with van der Waals surface area (Å²) < 4.78 is 11.2. The normalized spacial score (nSPS) is 14.0. The molecule has 4 aromatic heterocycles. The van der Waals surface area contributed by atoms with E-state index >= 15 is 0 Å². The van der Waals surface area contributed by atoms with Gasteiger partial charge in [0, 0.05) is 28.9 Å². The van der Waals surface area contributed by atoms with Gasteiger partial charge in [0.15, 0.2) is 23.0 Å². The number of para-hydroxylation sites is 1. The van der Waals surface area contributed by atoms with E-state index in [-0.39, 0.29) is 23.7 Å². The summed E-state index contributed by atoms with van der Waals surface area (Å²) in [6, 6.07) is 14.6. The lowest BCUT2D eigenvalue weighted by Gasteiger charge is -2.18. The van der Waals surface area contributed by atoms with Crippen molar-refractivity contribution in [1.29, 1.82) is 0 Å². The minimum absolute atomic E-state index is 0.0733. The summed E-state index contributed by atoms with van der Waals surface area (Å²) in [5, 5.41) is 16.6. The van der Waals surface area contributed by atoms with Gasteiger partial charge in [0.2, 0.25) is 0 Å². The van der Waals surface area contributed by atoms with E-state index in [0.29, 0.717) is 45.6 Å². The first kappa shape index (κ1) is 24.8. The zero-order valence-corrected chi connectivity index (χ0v) is 23.1. The molecule has 2 aromatic carbocycles. The Bertz CT molecular complexity index is 2070. The third kappa shape index (κ3) is 3.76. The van der Waals surface area contributed by atoms with Crippen molar-refractivity contribution in [2.24, 2.45) is 0 Å². The first-order valence-corrected chi connectivity index (χ1v) is 13.3. The molecule has 0 bridgehead atoms. The average molecular weight is 549 g/mol. The lowest BCUT2D eigenvalue weighted by atomic mass is 9.95. The third-order valence-corrected chi connectivity index (χ3v) is 7.58. The van der Waals surface area contributed by atoms with E-state index in [1.807, 2.05) is 68.8 Å². The fraction of sp³-hybridized carbons (Fsp3) is 0.233. The number of fused-ring (bicyclic) bond motifs is 3. The Kier molecular flexibility index (Phi) is 5.24. The fourth-order valence-corrected chi connectivity index (χ4v) is 5.78. The molecule has 0 unspecified atom stereocenters. The number of nitrogens with two attached hydrogens (primary N) is 1. The first-order chi connectivity index (χ1) is 19.6. The van der Waals surface area contributed by atoms with Crippen molar-refractivity contribution >= 4 is 27.8 Å². The van der Waals surface area contributed by atoms with Crippen molar-refractivity contribution in [3.8, 4) is 22.8 Å². The largest absolute Gasteiger partial charge is 0.504 e. The van der Waals surface area contributed by atoms with Crippen molar-refractivity contribution in [1.82, 2.24) is 34.1 Å². The van der Waals surface area contributed by atoms with E-state index in [4.69, 9.17) is 20.6 Å². The molecule has 11 heteroatoms. The van der Waals surface area contributed by atoms with E-state index in [0.717, 1.165) is 22.5 Å². The quantitative estimate of drug-likeness (QED) is 0.337. The van der Waals surface area contributed by atoms with Crippen molar-refractivity contribution in [2.45, 2.75) is 46.3 Å². The highest BCUT2D eigenvalue weighted by Crippen LogP contribution is 2.47. The molecule has 0 aliphatic carbocycles. The molecule has 206 valence electrons. The Morgan fingerprint density at radius 1 is 1.02 bits per heavy atom. The van der Waals surface area contributed by atoms with Crippen LogP contribution in [0, 0.1) is 13.8 Å². The van der Waals surface area contributed by atoms with Gasteiger partial charge >= 0.3 is 0 Å². The fourth-order valence-electron chi connectivity index (χ4n) is 5.78. The van der Waals surface area contributed by atoms with Crippen LogP contribution in [-0.4, -0.2) is 44.8 Å². The van der Waals surface area contributed by atoms with Crippen LogP contribution in [0.15, 0.2) is 59.7 Å². The van der Waals surface area contributed by atoms with Crippen LogP contribution in [0.4, 0.5) is 5.82 Å². The predicted octanol–water partition coefficient (Wildman–Crippen LogP) is 3.98. The number of ether oxygens (including phenoxy) is 1. The summed E-state index contributed by atoms with van der Waals surface area (Å²) >= 11 is 0. The summed E-state index contributed by atoms with van der Waals surface area (Å²) in [7, 11) is 0. The maximum absolute atomic E-state index is 13.9. The molecule has 7 rings (SSSR count). The molecule has 0 atom stereocenters. The van der Waals surface area contributed by atoms with Crippen molar-refractivity contribution in [2.75, 3.05) is 5.73 Å². The number of phenolic OH excluding ortho intramolecular Hbond substituents is 1. The molecule has 1 aliphatic rings. The summed E-state index contributed by atoms with van der Waals surface area (Å²) in [6.45, 7) is 7.97. The highest BCUT2D eigenvalue weighted by atomic mass is 16.5. The van der Waals surface area contributed by atoms with E-state index < -0.39 is 5.60 Å². The number of aryl methyl sites for hydroxylation is 2. The number of nitrogen functional groups attached to an aromatic ring is 1. The van der Waals surface area contributed by atoms with Crippen molar-refractivity contribution in [3.05, 3.63) is 88.0 Å². The Balaban J connectivity index is 1.47. The monoisotopic (exact) mass is 548 g/mol. The highest BCUT2D eigenvalue weighted by Gasteiger charge is 2.35. The number of aromatic hydroxyl groups is 1. The van der Waals surface area contributed by atoms with Gasteiger partial charge in [0.1, 0.15) is 30.0 Å². The Morgan fingerprint density at radius 3 is 2.56 bits per heavy atom. The second kappa shape index (κ2) is 8.65. The lowest BCUT2D eigenvalue weighted by molar-refractivity contribution is 0.134. The summed E-state index contributed by atoms with van der Waals surface area (Å²) in [4.78, 5) is 27.6. The zero-order valence-electron chi connectivity index (χ0n) is 23.1. The highest BCUT2D eigenvalue weighted by molar-refractivity contribution is 5.99. The molecular formula is C30H28N8O3. The molecular weight excluding hydrogens is 520 g/mol. The van der Waals surface area contributed by atoms with Gasteiger partial charge in [0.25, 0.3) is 5.56 Å². The van der Waals surface area contributed by atoms with E-state index in [9.17, 15) is 9.90 Å². The van der Waals surface area contributed by atoms with Crippen LogP contribution in [-0.2, 0) is 13.0 Å². The average Bonchev–Trinajstić information content (AvgIpc) is 3.58. The zero-order chi connectivity index (χ0) is 28.6. The minimum Gasteiger partial charge on any atom is -0.504 e. The Morgan fingerprint density at radius 2 is 1.78 bits per heavy atom. The van der Waals surface area contributed by atoms with Crippen molar-refractivity contribution < 1.29 is 9.84 Å². The van der Waals surface area contributed by atoms with Crippen LogP contribution < -0.4 is 16.0 Å². The number of aromatic nitrogens is 7. The van der Waals surface area contributed by atoms with Gasteiger partial charge < -0.3 is 15.6 Å². The molecule has 3 N–H and O–H groups in total. The number of rotatable bonds is 4. The summed E-state index contributed by atoms with van der Waals surface area (Å²) in [6.07, 6.45) is 1.97. The van der Waals surface area contributed by atoms with Gasteiger partial charge in [-0.3, -0.25) is 9.47 Å². The Hall–Kier alpha value is -5.19. The SMILES string of the molecule is Cc1ccc(C)n1-n1c(Cn2nc(-c3ccc(O)c4c3CC(C)(C)O4)c3c(N)ncnc32)nc2ccccc2c1=O. The topological polar surface area (TPSA) is 139 Å². The molecule has 6 aromatic rings. The molecule has 0 amide bonds. The second-order valence-corrected chi connectivity index (χ2v) is 11.0. The predicted molar refractivity (Wildman–Crippen MR) is 155 cm³/mol. The maximum Gasteiger partial charge on any atom is 0.280 e. The smallest absolute Gasteiger partial charge is 0.280 e. The first-order valence-electron chi connectivity index (χ1n) is 13.3. The molecule has 41 heavy (non-hydrogen) atoms. The number of hydrogen-bond donors (Lipinski definition) is 2. The molecule has 0 spiro atoms. The van der Waals surface area contributed by atoms with Crippen LogP contribution in [0.3, 0.4) is 0 Å². The lowest BCUT2D eigenvalue weighted by Crippen LogP contribution is -2.33. The summed E-state index contributed by atoms with van der Waals surface area (Å²) in [5.74, 6) is 1.26. The van der Waals surface area contributed by atoms with Crippen molar-refractivity contribution in [3.63, 3.8) is 0 Å².